The number of rotatable bonds is 2. The Morgan fingerprint density at radius 1 is 1.28 bits per heavy atom. The normalized spacial score (nSPS) is 13.8. The van der Waals surface area contributed by atoms with E-state index in [2.05, 4.69) is 10.3 Å². The molecule has 0 heterocycles. The molecule has 0 unspecified atom stereocenters. The van der Waals surface area contributed by atoms with E-state index in [4.69, 9.17) is 4.74 Å². The summed E-state index contributed by atoms with van der Waals surface area (Å²) >= 11 is 0. The van der Waals surface area contributed by atoms with Crippen molar-refractivity contribution in [1.82, 2.24) is 10.2 Å². The largest absolute Gasteiger partial charge is 0.444 e. The van der Waals surface area contributed by atoms with Gasteiger partial charge < -0.3 is 15.0 Å². The Morgan fingerprint density at radius 2 is 1.78 bits per heavy atom. The van der Waals surface area contributed by atoms with Crippen LogP contribution in [0.25, 0.3) is 0 Å². The van der Waals surface area contributed by atoms with E-state index in [0.29, 0.717) is 5.84 Å². The van der Waals surface area contributed by atoms with E-state index in [1.54, 1.807) is 53.6 Å². The van der Waals surface area contributed by atoms with Gasteiger partial charge in [-0.2, -0.15) is 4.99 Å². The number of carbonyl (C=O) groups excluding carboxylic acids is 2. The number of hydrogen-bond acceptors (Lipinski definition) is 3. The molecule has 2 amide bonds. The van der Waals surface area contributed by atoms with Crippen LogP contribution in [0.4, 0.5) is 4.79 Å². The van der Waals surface area contributed by atoms with E-state index in [-0.39, 0.29) is 0 Å². The molecule has 0 aliphatic carbocycles. The van der Waals surface area contributed by atoms with Gasteiger partial charge in [-0.25, -0.2) is 4.79 Å². The Labute approximate surface area is 108 Å². The van der Waals surface area contributed by atoms with Crippen molar-refractivity contribution in [3.63, 3.8) is 0 Å². The number of amidine groups is 1. The van der Waals surface area contributed by atoms with Crippen molar-refractivity contribution in [2.45, 2.75) is 46.3 Å². The maximum atomic E-state index is 11.7. The summed E-state index contributed by atoms with van der Waals surface area (Å²) < 4.78 is 5.05. The van der Waals surface area contributed by atoms with Gasteiger partial charge in [-0.15, -0.1) is 0 Å². The van der Waals surface area contributed by atoms with Crippen LogP contribution >= 0.6 is 0 Å². The molecule has 0 bridgehead atoms. The molecule has 0 aliphatic heterocycles. The molecule has 1 atom stereocenters. The second-order valence-electron chi connectivity index (χ2n) is 5.26. The number of nitrogens with one attached hydrogen (secondary N) is 1. The second-order valence-corrected chi connectivity index (χ2v) is 5.26. The lowest BCUT2D eigenvalue weighted by molar-refractivity contribution is -0.119. The van der Waals surface area contributed by atoms with Crippen LogP contribution in [0.1, 0.15) is 34.6 Å². The first-order chi connectivity index (χ1) is 8.03. The maximum Gasteiger partial charge on any atom is 0.408 e. The van der Waals surface area contributed by atoms with Gasteiger partial charge >= 0.3 is 6.09 Å². The molecular weight excluding hydrogens is 234 g/mol. The Balaban J connectivity index is 4.42. The lowest BCUT2D eigenvalue weighted by Gasteiger charge is -2.21. The highest BCUT2D eigenvalue weighted by Gasteiger charge is 2.20. The van der Waals surface area contributed by atoms with E-state index in [1.807, 2.05) is 0 Å². The minimum Gasteiger partial charge on any atom is -0.444 e. The van der Waals surface area contributed by atoms with Gasteiger partial charge in [0.2, 0.25) is 0 Å². The summed E-state index contributed by atoms with van der Waals surface area (Å²) in [5.41, 5.74) is -0.588. The Hall–Kier alpha value is -1.59. The molecule has 0 aromatic heterocycles. The van der Waals surface area contributed by atoms with E-state index in [1.165, 1.54) is 0 Å². The number of ether oxygens (including phenoxy) is 1. The minimum absolute atomic E-state index is 0.410. The SMILES string of the molecule is C/C(=N\C(=O)[C@H](C)NC(=O)OC(C)(C)C)N(C)C. The van der Waals surface area contributed by atoms with Gasteiger partial charge in [-0.3, -0.25) is 4.79 Å². The second kappa shape index (κ2) is 6.37. The van der Waals surface area contributed by atoms with Crippen LogP contribution in [0.2, 0.25) is 0 Å². The molecule has 0 fully saturated rings. The molecule has 18 heavy (non-hydrogen) atoms. The van der Waals surface area contributed by atoms with Crippen LogP contribution in [0, 0.1) is 0 Å². The zero-order chi connectivity index (χ0) is 14.5. The molecule has 0 radical (unpaired) electrons. The lowest BCUT2D eigenvalue weighted by atomic mass is 10.2. The third-order valence-corrected chi connectivity index (χ3v) is 2.02. The van der Waals surface area contributed by atoms with Gasteiger partial charge in [0.15, 0.2) is 0 Å². The predicted molar refractivity (Wildman–Crippen MR) is 70.6 cm³/mol. The van der Waals surface area contributed by atoms with Gasteiger partial charge in [0.1, 0.15) is 17.5 Å². The van der Waals surface area contributed by atoms with Gasteiger partial charge in [-0.05, 0) is 34.6 Å². The number of aliphatic imine (C=N–C) groups is 1. The molecule has 0 saturated carbocycles. The predicted octanol–water partition coefficient (Wildman–Crippen LogP) is 1.41. The average Bonchev–Trinajstić information content (AvgIpc) is 2.13. The molecule has 0 aliphatic rings. The highest BCUT2D eigenvalue weighted by Crippen LogP contribution is 2.06. The van der Waals surface area contributed by atoms with Crippen molar-refractivity contribution in [1.29, 1.82) is 0 Å². The Kier molecular flexibility index (Phi) is 5.81. The highest BCUT2D eigenvalue weighted by molar-refractivity contribution is 5.96. The fourth-order valence-corrected chi connectivity index (χ4v) is 0.902. The van der Waals surface area contributed by atoms with Gasteiger partial charge in [-0.1, -0.05) is 0 Å². The quantitative estimate of drug-likeness (QED) is 0.599. The maximum absolute atomic E-state index is 11.7. The fourth-order valence-electron chi connectivity index (χ4n) is 0.902. The minimum atomic E-state index is -0.713. The summed E-state index contributed by atoms with van der Waals surface area (Å²) in [4.78, 5) is 28.7. The van der Waals surface area contributed by atoms with Gasteiger partial charge in [0.25, 0.3) is 5.91 Å². The molecule has 1 N–H and O–H groups in total. The Morgan fingerprint density at radius 3 is 2.17 bits per heavy atom. The summed E-state index contributed by atoms with van der Waals surface area (Å²) in [6.07, 6.45) is -0.624. The summed E-state index contributed by atoms with van der Waals surface area (Å²) in [6.45, 7) is 8.56. The first kappa shape index (κ1) is 16.4. The van der Waals surface area contributed by atoms with Crippen LogP contribution < -0.4 is 5.32 Å². The first-order valence-electron chi connectivity index (χ1n) is 5.79. The molecular formula is C12H23N3O3. The zero-order valence-corrected chi connectivity index (χ0v) is 12.2. The van der Waals surface area contributed by atoms with Crippen molar-refractivity contribution in [2.75, 3.05) is 14.1 Å². The smallest absolute Gasteiger partial charge is 0.408 e. The first-order valence-corrected chi connectivity index (χ1v) is 5.79. The number of hydrogen-bond donors (Lipinski definition) is 1. The zero-order valence-electron chi connectivity index (χ0n) is 12.2. The number of carbonyl (C=O) groups is 2. The summed E-state index contributed by atoms with van der Waals surface area (Å²) in [6, 6.07) is -0.713. The molecule has 0 spiro atoms. The molecule has 0 aromatic rings. The fraction of sp³-hybridized carbons (Fsp3) is 0.750. The molecule has 6 nitrogen and oxygen atoms in total. The summed E-state index contributed by atoms with van der Waals surface area (Å²) in [5, 5.41) is 2.44. The molecule has 0 saturated heterocycles. The monoisotopic (exact) mass is 257 g/mol. The van der Waals surface area contributed by atoms with E-state index in [9.17, 15) is 9.59 Å². The highest BCUT2D eigenvalue weighted by atomic mass is 16.6. The van der Waals surface area contributed by atoms with Crippen molar-refractivity contribution in [3.05, 3.63) is 0 Å². The van der Waals surface area contributed by atoms with Crippen LogP contribution in [0.15, 0.2) is 4.99 Å². The molecule has 0 rings (SSSR count). The molecule has 104 valence electrons. The van der Waals surface area contributed by atoms with Crippen molar-refractivity contribution in [2.24, 2.45) is 4.99 Å². The third kappa shape index (κ3) is 6.88. The van der Waals surface area contributed by atoms with Crippen LogP contribution in [0.5, 0.6) is 0 Å². The molecule has 0 aromatic carbocycles. The summed E-state index contributed by atoms with van der Waals surface area (Å²) in [7, 11) is 3.58. The van der Waals surface area contributed by atoms with Crippen LogP contribution in [-0.4, -0.2) is 48.5 Å². The topological polar surface area (TPSA) is 71.0 Å². The van der Waals surface area contributed by atoms with E-state index >= 15 is 0 Å². The van der Waals surface area contributed by atoms with E-state index < -0.39 is 23.6 Å². The lowest BCUT2D eigenvalue weighted by Crippen LogP contribution is -2.41. The van der Waals surface area contributed by atoms with Gasteiger partial charge in [0.05, 0.1) is 0 Å². The summed E-state index contributed by atoms with van der Waals surface area (Å²) in [5.74, 6) is 0.171. The number of alkyl carbamates (subject to hydrolysis) is 1. The number of amides is 2. The Bertz CT molecular complexity index is 343. The van der Waals surface area contributed by atoms with Crippen molar-refractivity contribution < 1.29 is 14.3 Å². The average molecular weight is 257 g/mol. The standard InChI is InChI=1S/C12H23N3O3/c1-8(10(16)14-9(2)15(6)7)13-11(17)18-12(3,4)5/h8H,1-7H3,(H,13,17)/b14-9+/t8-/m0/s1. The number of nitrogens with zero attached hydrogens (tertiary/aromatic N) is 2. The third-order valence-electron chi connectivity index (χ3n) is 2.02. The van der Waals surface area contributed by atoms with Crippen LogP contribution in [-0.2, 0) is 9.53 Å². The van der Waals surface area contributed by atoms with Crippen LogP contribution in [0.3, 0.4) is 0 Å². The van der Waals surface area contributed by atoms with Gasteiger partial charge in [0, 0.05) is 14.1 Å². The van der Waals surface area contributed by atoms with Crippen molar-refractivity contribution >= 4 is 17.8 Å². The molecule has 6 heteroatoms. The van der Waals surface area contributed by atoms with Crippen molar-refractivity contribution in [3.8, 4) is 0 Å². The van der Waals surface area contributed by atoms with E-state index in [0.717, 1.165) is 0 Å².